The molecule has 2 N–H and O–H groups in total. The average molecular weight is 294 g/mol. The zero-order chi connectivity index (χ0) is 15.4. The summed E-state index contributed by atoms with van der Waals surface area (Å²) in [5.41, 5.74) is 3.54. The lowest BCUT2D eigenvalue weighted by molar-refractivity contribution is -0.123. The van der Waals surface area contributed by atoms with Crippen LogP contribution in [0.25, 0.3) is 0 Å². The normalized spacial score (nSPS) is 18.0. The van der Waals surface area contributed by atoms with Gasteiger partial charge < -0.3 is 10.6 Å². The van der Waals surface area contributed by atoms with Crippen LogP contribution in [0.2, 0.25) is 0 Å². The first-order chi connectivity index (χ1) is 10.8. The molecule has 2 unspecified atom stereocenters. The molecule has 0 aliphatic carbocycles. The Morgan fingerprint density at radius 2 is 1.91 bits per heavy atom. The highest BCUT2D eigenvalue weighted by Gasteiger charge is 2.24. The quantitative estimate of drug-likeness (QED) is 0.908. The third-order valence-electron chi connectivity index (χ3n) is 4.30. The lowest BCUT2D eigenvalue weighted by Gasteiger charge is -2.28. The van der Waals surface area contributed by atoms with Gasteiger partial charge in [-0.25, -0.2) is 0 Å². The summed E-state index contributed by atoms with van der Waals surface area (Å²) in [5.74, 6) is 0.0539. The van der Waals surface area contributed by atoms with Gasteiger partial charge in [0.15, 0.2) is 0 Å². The second-order valence-corrected chi connectivity index (χ2v) is 5.82. The monoisotopic (exact) mass is 294 g/mol. The van der Waals surface area contributed by atoms with Crippen molar-refractivity contribution in [2.45, 2.75) is 31.7 Å². The lowest BCUT2D eigenvalue weighted by Crippen LogP contribution is -2.45. The number of amides is 1. The molecule has 0 radical (unpaired) electrons. The molecule has 114 valence electrons. The van der Waals surface area contributed by atoms with Crippen LogP contribution >= 0.6 is 0 Å². The maximum atomic E-state index is 12.6. The molecule has 1 aliphatic rings. The number of fused-ring (bicyclic) bond motifs is 1. The van der Waals surface area contributed by atoms with Gasteiger partial charge in [-0.15, -0.1) is 0 Å². The smallest absolute Gasteiger partial charge is 0.227 e. The van der Waals surface area contributed by atoms with Crippen LogP contribution in [0.1, 0.15) is 30.4 Å². The maximum absolute atomic E-state index is 12.6. The van der Waals surface area contributed by atoms with E-state index in [0.717, 1.165) is 24.9 Å². The molecule has 0 bridgehead atoms. The highest BCUT2D eigenvalue weighted by Crippen LogP contribution is 2.23. The second kappa shape index (κ2) is 6.65. The highest BCUT2D eigenvalue weighted by molar-refractivity contribution is 5.84. The van der Waals surface area contributed by atoms with Gasteiger partial charge in [0.05, 0.1) is 12.0 Å². The number of anilines is 1. The number of hydrogen-bond acceptors (Lipinski definition) is 2. The van der Waals surface area contributed by atoms with E-state index in [4.69, 9.17) is 0 Å². The first-order valence-corrected chi connectivity index (χ1v) is 7.95. The number of hydrogen-bond donors (Lipinski definition) is 2. The summed E-state index contributed by atoms with van der Waals surface area (Å²) in [6.07, 6.45) is 1.70. The Hall–Kier alpha value is -2.29. The predicted molar refractivity (Wildman–Crippen MR) is 90.0 cm³/mol. The second-order valence-electron chi connectivity index (χ2n) is 5.82. The molecule has 0 fully saturated rings. The molecule has 3 heteroatoms. The van der Waals surface area contributed by atoms with Gasteiger partial charge in [0.25, 0.3) is 0 Å². The van der Waals surface area contributed by atoms with E-state index in [2.05, 4.69) is 29.7 Å². The van der Waals surface area contributed by atoms with Crippen molar-refractivity contribution >= 4 is 11.6 Å². The molecule has 1 amide bonds. The van der Waals surface area contributed by atoms with E-state index in [1.807, 2.05) is 42.5 Å². The molecule has 0 spiro atoms. The highest BCUT2D eigenvalue weighted by atomic mass is 16.1. The van der Waals surface area contributed by atoms with Gasteiger partial charge in [0.1, 0.15) is 0 Å². The van der Waals surface area contributed by atoms with Crippen molar-refractivity contribution in [1.29, 1.82) is 0 Å². The standard InChI is InChI=1S/C19H22N2O/c1-2-17(14-8-4-3-5-9-14)19(22)21-16-12-15-10-6-7-11-18(15)20-13-16/h3-11,16-17,20H,2,12-13H2,1H3,(H,21,22). The summed E-state index contributed by atoms with van der Waals surface area (Å²) in [6, 6.07) is 18.5. The summed E-state index contributed by atoms with van der Waals surface area (Å²) in [6.45, 7) is 2.85. The van der Waals surface area contributed by atoms with Crippen LogP contribution in [0.4, 0.5) is 5.69 Å². The molecule has 3 nitrogen and oxygen atoms in total. The predicted octanol–water partition coefficient (Wildman–Crippen LogP) is 3.33. The van der Waals surface area contributed by atoms with Gasteiger partial charge >= 0.3 is 0 Å². The molecule has 2 aromatic carbocycles. The molecule has 3 rings (SSSR count). The SMILES string of the molecule is CCC(C(=O)NC1CNc2ccccc2C1)c1ccccc1. The number of nitrogens with one attached hydrogen (secondary N) is 2. The fraction of sp³-hybridized carbons (Fsp3) is 0.316. The molecule has 0 aromatic heterocycles. The largest absolute Gasteiger partial charge is 0.383 e. The fourth-order valence-electron chi connectivity index (χ4n) is 3.10. The Morgan fingerprint density at radius 3 is 2.68 bits per heavy atom. The van der Waals surface area contributed by atoms with Crippen molar-refractivity contribution in [3.8, 4) is 0 Å². The number of carbonyl (C=O) groups is 1. The molecule has 2 aromatic rings. The van der Waals surface area contributed by atoms with Crippen LogP contribution in [-0.4, -0.2) is 18.5 Å². The number of benzene rings is 2. The van der Waals surface area contributed by atoms with E-state index in [0.29, 0.717) is 0 Å². The molecule has 1 aliphatic heterocycles. The van der Waals surface area contributed by atoms with E-state index in [1.54, 1.807) is 0 Å². The molecule has 22 heavy (non-hydrogen) atoms. The van der Waals surface area contributed by atoms with Crippen molar-refractivity contribution in [1.82, 2.24) is 5.32 Å². The minimum atomic E-state index is -0.0710. The van der Waals surface area contributed by atoms with Crippen LogP contribution in [-0.2, 0) is 11.2 Å². The Labute approximate surface area is 131 Å². The van der Waals surface area contributed by atoms with E-state index < -0.39 is 0 Å². The molecule has 2 atom stereocenters. The van der Waals surface area contributed by atoms with E-state index in [9.17, 15) is 4.79 Å². The summed E-state index contributed by atoms with van der Waals surface area (Å²) in [5, 5.41) is 6.61. The van der Waals surface area contributed by atoms with E-state index in [1.165, 1.54) is 11.3 Å². The van der Waals surface area contributed by atoms with Crippen molar-refractivity contribution < 1.29 is 4.79 Å². The zero-order valence-electron chi connectivity index (χ0n) is 12.9. The summed E-state index contributed by atoms with van der Waals surface area (Å²) < 4.78 is 0. The minimum absolute atomic E-state index is 0.0710. The third-order valence-corrected chi connectivity index (χ3v) is 4.30. The van der Waals surface area contributed by atoms with Gasteiger partial charge in [-0.05, 0) is 30.0 Å². The van der Waals surface area contributed by atoms with Crippen LogP contribution in [0, 0.1) is 0 Å². The van der Waals surface area contributed by atoms with Crippen LogP contribution < -0.4 is 10.6 Å². The van der Waals surface area contributed by atoms with Crippen molar-refractivity contribution in [2.75, 3.05) is 11.9 Å². The van der Waals surface area contributed by atoms with Crippen LogP contribution in [0.5, 0.6) is 0 Å². The summed E-state index contributed by atoms with van der Waals surface area (Å²) in [7, 11) is 0. The molecule has 0 saturated carbocycles. The van der Waals surface area contributed by atoms with Gasteiger partial charge in [0.2, 0.25) is 5.91 Å². The first-order valence-electron chi connectivity index (χ1n) is 7.95. The Balaban J connectivity index is 1.67. The van der Waals surface area contributed by atoms with Gasteiger partial charge in [-0.3, -0.25) is 4.79 Å². The average Bonchev–Trinajstić information content (AvgIpc) is 2.56. The minimum Gasteiger partial charge on any atom is -0.383 e. The Morgan fingerprint density at radius 1 is 1.18 bits per heavy atom. The van der Waals surface area contributed by atoms with E-state index in [-0.39, 0.29) is 17.9 Å². The van der Waals surface area contributed by atoms with Gasteiger partial charge in [-0.1, -0.05) is 55.5 Å². The van der Waals surface area contributed by atoms with Crippen molar-refractivity contribution in [3.63, 3.8) is 0 Å². The molecule has 1 heterocycles. The Kier molecular flexibility index (Phi) is 4.42. The van der Waals surface area contributed by atoms with Crippen molar-refractivity contribution in [2.24, 2.45) is 0 Å². The van der Waals surface area contributed by atoms with Crippen LogP contribution in [0.15, 0.2) is 54.6 Å². The molecule has 0 saturated heterocycles. The van der Waals surface area contributed by atoms with Crippen molar-refractivity contribution in [3.05, 3.63) is 65.7 Å². The molecular weight excluding hydrogens is 272 g/mol. The number of para-hydroxylation sites is 1. The lowest BCUT2D eigenvalue weighted by atomic mass is 9.94. The molecular formula is C19H22N2O. The van der Waals surface area contributed by atoms with Crippen LogP contribution in [0.3, 0.4) is 0 Å². The van der Waals surface area contributed by atoms with E-state index >= 15 is 0 Å². The number of carbonyl (C=O) groups excluding carboxylic acids is 1. The first kappa shape index (κ1) is 14.6. The maximum Gasteiger partial charge on any atom is 0.227 e. The third kappa shape index (κ3) is 3.14. The fourth-order valence-corrected chi connectivity index (χ4v) is 3.10. The summed E-state index contributed by atoms with van der Waals surface area (Å²) >= 11 is 0. The van der Waals surface area contributed by atoms with Gasteiger partial charge in [0, 0.05) is 12.2 Å². The van der Waals surface area contributed by atoms with Gasteiger partial charge in [-0.2, -0.15) is 0 Å². The number of rotatable bonds is 4. The topological polar surface area (TPSA) is 41.1 Å². The Bertz CT molecular complexity index is 639. The zero-order valence-corrected chi connectivity index (χ0v) is 12.9. The summed E-state index contributed by atoms with van der Waals surface area (Å²) in [4.78, 5) is 12.6.